The van der Waals surface area contributed by atoms with Gasteiger partial charge in [-0.05, 0) is 17.7 Å². The summed E-state index contributed by atoms with van der Waals surface area (Å²) in [5.41, 5.74) is 0.204. The summed E-state index contributed by atoms with van der Waals surface area (Å²) in [6.07, 6.45) is -2.71. The normalized spacial score (nSPS) is 12.6. The monoisotopic (exact) mass is 311 g/mol. The Hall–Kier alpha value is -0.680. The Kier molecular flexibility index (Phi) is 4.68. The molecule has 1 aromatic carbocycles. The lowest BCUT2D eigenvalue weighted by atomic mass is 10.1. The molecule has 0 aliphatic carbocycles. The fraction of sp³-hybridized carbons (Fsp3) is 0.300. The summed E-state index contributed by atoms with van der Waals surface area (Å²) in [5, 5.41) is 2.36. The molecule has 0 fully saturated rings. The molecule has 0 spiro atoms. The molecule has 0 heterocycles. The van der Waals surface area contributed by atoms with Gasteiger partial charge in [0.15, 0.2) is 0 Å². The maximum atomic E-state index is 12.7. The molecule has 1 aromatic rings. The molecule has 1 amide bonds. The van der Waals surface area contributed by atoms with Crippen LogP contribution >= 0.6 is 27.5 Å². The zero-order chi connectivity index (χ0) is 12.3. The molecule has 0 saturated carbocycles. The van der Waals surface area contributed by atoms with E-state index in [2.05, 4.69) is 21.2 Å². The molecule has 0 saturated heterocycles. The molecule has 1 rings (SSSR count). The van der Waals surface area contributed by atoms with Gasteiger partial charge < -0.3 is 5.32 Å². The summed E-state index contributed by atoms with van der Waals surface area (Å²) in [4.78, 5) is 10.8. The first-order valence-electron chi connectivity index (χ1n) is 4.42. The summed E-state index contributed by atoms with van der Waals surface area (Å²) < 4.78 is 26.2. The van der Waals surface area contributed by atoms with Crippen LogP contribution in [0.5, 0.6) is 0 Å². The molecule has 0 aliphatic heterocycles. The van der Waals surface area contributed by atoms with Gasteiger partial charge in [0.2, 0.25) is 5.91 Å². The minimum atomic E-state index is -2.71. The van der Waals surface area contributed by atoms with E-state index in [0.29, 0.717) is 4.47 Å². The lowest BCUT2D eigenvalue weighted by molar-refractivity contribution is -0.120. The van der Waals surface area contributed by atoms with Crippen molar-refractivity contribution in [3.8, 4) is 0 Å². The van der Waals surface area contributed by atoms with Gasteiger partial charge in [-0.2, -0.15) is 0 Å². The van der Waals surface area contributed by atoms with E-state index in [-0.39, 0.29) is 10.6 Å². The molecule has 0 radical (unpaired) electrons. The molecule has 0 bridgehead atoms. The topological polar surface area (TPSA) is 29.1 Å². The Labute approximate surface area is 105 Å². The largest absolute Gasteiger partial charge is 0.344 e. The number of hydrogen-bond donors (Lipinski definition) is 1. The zero-order valence-corrected chi connectivity index (χ0v) is 10.6. The lowest BCUT2D eigenvalue weighted by Gasteiger charge is -2.18. The Bertz CT molecular complexity index is 400. The van der Waals surface area contributed by atoms with E-state index in [1.165, 1.54) is 19.1 Å². The summed E-state index contributed by atoms with van der Waals surface area (Å²) >= 11 is 9.01. The van der Waals surface area contributed by atoms with Crippen LogP contribution in [0.25, 0.3) is 0 Å². The molecule has 2 nitrogen and oxygen atoms in total. The highest BCUT2D eigenvalue weighted by molar-refractivity contribution is 9.10. The number of rotatable bonds is 3. The van der Waals surface area contributed by atoms with Crippen LogP contribution in [-0.2, 0) is 4.79 Å². The molecular weight excluding hydrogens is 303 g/mol. The van der Waals surface area contributed by atoms with E-state index >= 15 is 0 Å². The highest BCUT2D eigenvalue weighted by Crippen LogP contribution is 2.29. The van der Waals surface area contributed by atoms with E-state index < -0.39 is 18.4 Å². The second-order valence-corrected chi connectivity index (χ2v) is 4.50. The Morgan fingerprint density at radius 3 is 2.56 bits per heavy atom. The van der Waals surface area contributed by atoms with Crippen LogP contribution < -0.4 is 5.32 Å². The summed E-state index contributed by atoms with van der Waals surface area (Å²) in [6, 6.07) is 3.18. The second kappa shape index (κ2) is 5.59. The summed E-state index contributed by atoms with van der Waals surface area (Å²) in [5.74, 6) is -0.524. The van der Waals surface area contributed by atoms with Gasteiger partial charge in [-0.15, -0.1) is 0 Å². The van der Waals surface area contributed by atoms with Crippen LogP contribution in [-0.4, -0.2) is 12.3 Å². The number of amides is 1. The third-order valence-electron chi connectivity index (χ3n) is 1.91. The highest BCUT2D eigenvalue weighted by Gasteiger charge is 2.25. The van der Waals surface area contributed by atoms with Crippen LogP contribution in [0, 0.1) is 0 Å². The SMILES string of the molecule is CC(=O)NC(c1ccc(Br)cc1Cl)C(F)F. The standard InChI is InChI=1S/C10H9BrClF2NO/c1-5(16)15-9(10(13)14)7-3-2-6(11)4-8(7)12/h2-4,9-10H,1H3,(H,15,16). The molecule has 0 aliphatic rings. The summed E-state index contributed by atoms with van der Waals surface area (Å²) in [6.45, 7) is 1.18. The van der Waals surface area contributed by atoms with Crippen LogP contribution in [0.4, 0.5) is 8.78 Å². The minimum Gasteiger partial charge on any atom is -0.344 e. The smallest absolute Gasteiger partial charge is 0.262 e. The molecule has 0 aromatic heterocycles. The number of carbonyl (C=O) groups excluding carboxylic acids is 1. The number of hydrogen-bond acceptors (Lipinski definition) is 1. The van der Waals surface area contributed by atoms with Crippen LogP contribution in [0.15, 0.2) is 22.7 Å². The number of halogens is 4. The Morgan fingerprint density at radius 2 is 2.12 bits per heavy atom. The van der Waals surface area contributed by atoms with E-state index in [9.17, 15) is 13.6 Å². The van der Waals surface area contributed by atoms with E-state index in [0.717, 1.165) is 0 Å². The van der Waals surface area contributed by atoms with Gasteiger partial charge in [-0.3, -0.25) is 4.79 Å². The predicted molar refractivity (Wildman–Crippen MR) is 61.7 cm³/mol. The molecule has 16 heavy (non-hydrogen) atoms. The van der Waals surface area contributed by atoms with Crippen molar-refractivity contribution >= 4 is 33.4 Å². The average Bonchev–Trinajstić information content (AvgIpc) is 2.14. The van der Waals surface area contributed by atoms with Crippen molar-refractivity contribution in [3.05, 3.63) is 33.3 Å². The van der Waals surface area contributed by atoms with Crippen molar-refractivity contribution < 1.29 is 13.6 Å². The third-order valence-corrected chi connectivity index (χ3v) is 2.73. The first-order chi connectivity index (χ1) is 7.41. The van der Waals surface area contributed by atoms with Gasteiger partial charge in [0, 0.05) is 16.4 Å². The lowest BCUT2D eigenvalue weighted by Crippen LogP contribution is -2.31. The Morgan fingerprint density at radius 1 is 1.50 bits per heavy atom. The number of alkyl halides is 2. The molecular formula is C10H9BrClF2NO. The molecule has 1 unspecified atom stereocenters. The fourth-order valence-corrected chi connectivity index (χ4v) is 2.04. The van der Waals surface area contributed by atoms with E-state index in [1.54, 1.807) is 6.07 Å². The maximum Gasteiger partial charge on any atom is 0.262 e. The van der Waals surface area contributed by atoms with E-state index in [4.69, 9.17) is 11.6 Å². The van der Waals surface area contributed by atoms with Crippen molar-refractivity contribution in [2.45, 2.75) is 19.4 Å². The van der Waals surface area contributed by atoms with Gasteiger partial charge in [0.25, 0.3) is 6.43 Å². The van der Waals surface area contributed by atoms with Gasteiger partial charge >= 0.3 is 0 Å². The second-order valence-electron chi connectivity index (χ2n) is 3.18. The van der Waals surface area contributed by atoms with Crippen molar-refractivity contribution in [1.29, 1.82) is 0 Å². The first kappa shape index (κ1) is 13.4. The highest BCUT2D eigenvalue weighted by atomic mass is 79.9. The Balaban J connectivity index is 3.05. The predicted octanol–water partition coefficient (Wildman–Crippen LogP) is 3.54. The first-order valence-corrected chi connectivity index (χ1v) is 5.59. The van der Waals surface area contributed by atoms with Gasteiger partial charge in [-0.25, -0.2) is 8.78 Å². The number of carbonyl (C=O) groups is 1. The van der Waals surface area contributed by atoms with Crippen molar-refractivity contribution in [2.75, 3.05) is 0 Å². The van der Waals surface area contributed by atoms with E-state index in [1.807, 2.05) is 0 Å². The van der Waals surface area contributed by atoms with Gasteiger partial charge in [0.1, 0.15) is 6.04 Å². The summed E-state index contributed by atoms with van der Waals surface area (Å²) in [7, 11) is 0. The number of benzene rings is 1. The van der Waals surface area contributed by atoms with Gasteiger partial charge in [-0.1, -0.05) is 33.6 Å². The molecule has 1 N–H and O–H groups in total. The quantitative estimate of drug-likeness (QED) is 0.908. The fourth-order valence-electron chi connectivity index (χ4n) is 1.25. The van der Waals surface area contributed by atoms with Crippen LogP contribution in [0.2, 0.25) is 5.02 Å². The molecule has 6 heteroatoms. The molecule has 1 atom stereocenters. The van der Waals surface area contributed by atoms with Gasteiger partial charge in [0.05, 0.1) is 0 Å². The maximum absolute atomic E-state index is 12.7. The average molecular weight is 313 g/mol. The van der Waals surface area contributed by atoms with Crippen LogP contribution in [0.1, 0.15) is 18.5 Å². The zero-order valence-electron chi connectivity index (χ0n) is 8.31. The van der Waals surface area contributed by atoms with Crippen LogP contribution in [0.3, 0.4) is 0 Å². The van der Waals surface area contributed by atoms with Crippen molar-refractivity contribution in [1.82, 2.24) is 5.32 Å². The number of nitrogens with one attached hydrogen (secondary N) is 1. The third kappa shape index (κ3) is 3.42. The van der Waals surface area contributed by atoms with Crippen molar-refractivity contribution in [3.63, 3.8) is 0 Å². The minimum absolute atomic E-state index is 0.188. The van der Waals surface area contributed by atoms with Crippen molar-refractivity contribution in [2.24, 2.45) is 0 Å². The molecule has 88 valence electrons.